The van der Waals surface area contributed by atoms with Crippen LogP contribution in [0.4, 0.5) is 16.3 Å². The lowest BCUT2D eigenvalue weighted by Crippen LogP contribution is -2.35. The number of phenolic OH excluding ortho intramolecular Hbond substituents is 2. The average molecular weight is 600 g/mol. The van der Waals surface area contributed by atoms with Gasteiger partial charge in [0.2, 0.25) is 5.91 Å². The molecule has 13 nitrogen and oxygen atoms in total. The lowest BCUT2D eigenvalue weighted by atomic mass is 10.1. The van der Waals surface area contributed by atoms with Crippen molar-refractivity contribution in [2.24, 2.45) is 0 Å². The van der Waals surface area contributed by atoms with E-state index in [1.807, 2.05) is 32.0 Å². The van der Waals surface area contributed by atoms with Crippen LogP contribution in [0.25, 0.3) is 11.3 Å². The van der Waals surface area contributed by atoms with Crippen LogP contribution < -0.4 is 27.2 Å². The van der Waals surface area contributed by atoms with Gasteiger partial charge in [-0.1, -0.05) is 36.4 Å². The molecule has 13 heteroatoms. The predicted octanol–water partition coefficient (Wildman–Crippen LogP) is 3.29. The zero-order chi connectivity index (χ0) is 31.8. The largest absolute Gasteiger partial charge is 0.508 e. The van der Waals surface area contributed by atoms with Gasteiger partial charge in [-0.25, -0.2) is 9.78 Å². The van der Waals surface area contributed by atoms with E-state index in [0.29, 0.717) is 11.1 Å². The van der Waals surface area contributed by atoms with Gasteiger partial charge in [0, 0.05) is 29.9 Å². The van der Waals surface area contributed by atoms with Crippen LogP contribution in [0.3, 0.4) is 0 Å². The van der Waals surface area contributed by atoms with E-state index in [-0.39, 0.29) is 65.8 Å². The predicted molar refractivity (Wildman–Crippen MR) is 165 cm³/mol. The molecule has 2 amide bonds. The minimum Gasteiger partial charge on any atom is -0.508 e. The number of aromatic nitrogens is 2. The quantitative estimate of drug-likeness (QED) is 0.0810. The molecule has 0 saturated carbocycles. The number of anilines is 2. The molecular weight excluding hydrogens is 566 g/mol. The molecule has 0 atom stereocenters. The Balaban J connectivity index is 1.42. The number of amidine groups is 1. The van der Waals surface area contributed by atoms with Crippen molar-refractivity contribution >= 4 is 29.3 Å². The second-order valence-corrected chi connectivity index (χ2v) is 10.2. The first kappa shape index (κ1) is 31.1. The van der Waals surface area contributed by atoms with Crippen LogP contribution in [0, 0.1) is 5.41 Å². The summed E-state index contributed by atoms with van der Waals surface area (Å²) in [4.78, 5) is 42.6. The van der Waals surface area contributed by atoms with Crippen molar-refractivity contribution < 1.29 is 24.5 Å². The Bertz CT molecular complexity index is 1720. The smallest absolute Gasteiger partial charge is 0.413 e. The summed E-state index contributed by atoms with van der Waals surface area (Å²) >= 11 is 0. The number of carbonyl (C=O) groups is 2. The summed E-state index contributed by atoms with van der Waals surface area (Å²) < 4.78 is 6.34. The number of nitrogens with two attached hydrogens (primary N) is 1. The number of benzene rings is 3. The van der Waals surface area contributed by atoms with Gasteiger partial charge in [0.25, 0.3) is 5.56 Å². The molecule has 3 aromatic carbocycles. The average Bonchev–Trinajstić information content (AvgIpc) is 2.97. The highest BCUT2D eigenvalue weighted by Gasteiger charge is 2.17. The van der Waals surface area contributed by atoms with Crippen LogP contribution in [0.2, 0.25) is 0 Å². The third kappa shape index (κ3) is 8.12. The van der Waals surface area contributed by atoms with Crippen LogP contribution in [-0.4, -0.2) is 43.6 Å². The highest BCUT2D eigenvalue weighted by molar-refractivity contribution is 6.06. The summed E-state index contributed by atoms with van der Waals surface area (Å²) in [6.45, 7) is 3.34. The van der Waals surface area contributed by atoms with Gasteiger partial charge in [-0.3, -0.25) is 24.9 Å². The maximum Gasteiger partial charge on any atom is 0.413 e. The van der Waals surface area contributed by atoms with E-state index in [1.165, 1.54) is 35.0 Å². The van der Waals surface area contributed by atoms with Crippen molar-refractivity contribution in [3.05, 3.63) is 100.0 Å². The number of rotatable bonds is 10. The molecule has 0 saturated heterocycles. The van der Waals surface area contributed by atoms with Crippen molar-refractivity contribution in [1.82, 2.24) is 20.2 Å². The molecule has 0 unspecified atom stereocenters. The van der Waals surface area contributed by atoms with Crippen LogP contribution in [-0.2, 0) is 29.2 Å². The summed E-state index contributed by atoms with van der Waals surface area (Å²) in [5.74, 6) is -1.21. The molecular formula is C31H33N7O6. The molecule has 1 aromatic heterocycles. The van der Waals surface area contributed by atoms with Gasteiger partial charge in [0.15, 0.2) is 5.82 Å². The fourth-order valence-corrected chi connectivity index (χ4v) is 4.26. The molecule has 0 fully saturated rings. The number of alkyl carbamates (subject to hydrolysis) is 1. The SMILES string of the molecule is CC(C)Nc1ncc(-c2cc(N)cc(O)c2)n(CC(=O)NCc2ccc(C(=N)NC(=O)OCc3ccccc3)c(O)c2)c1=O. The summed E-state index contributed by atoms with van der Waals surface area (Å²) in [7, 11) is 0. The van der Waals surface area contributed by atoms with Crippen molar-refractivity contribution in [2.75, 3.05) is 11.1 Å². The number of hydrogen-bond acceptors (Lipinski definition) is 10. The molecule has 0 spiro atoms. The molecule has 228 valence electrons. The van der Waals surface area contributed by atoms with E-state index in [4.69, 9.17) is 15.9 Å². The Morgan fingerprint density at radius 1 is 1.05 bits per heavy atom. The minimum atomic E-state index is -0.847. The van der Waals surface area contributed by atoms with Crippen LogP contribution in [0.5, 0.6) is 11.5 Å². The van der Waals surface area contributed by atoms with Gasteiger partial charge >= 0.3 is 6.09 Å². The highest BCUT2D eigenvalue weighted by atomic mass is 16.5. The Morgan fingerprint density at radius 2 is 1.80 bits per heavy atom. The normalized spacial score (nSPS) is 10.7. The Morgan fingerprint density at radius 3 is 2.48 bits per heavy atom. The Hall–Kier alpha value is -5.85. The van der Waals surface area contributed by atoms with E-state index in [9.17, 15) is 24.6 Å². The second kappa shape index (κ2) is 13.9. The van der Waals surface area contributed by atoms with E-state index in [0.717, 1.165) is 5.56 Å². The van der Waals surface area contributed by atoms with Gasteiger partial charge in [-0.05, 0) is 49.2 Å². The minimum absolute atomic E-state index is 0.00209. The van der Waals surface area contributed by atoms with Crippen LogP contribution in [0.15, 0.2) is 77.7 Å². The molecule has 44 heavy (non-hydrogen) atoms. The van der Waals surface area contributed by atoms with Crippen molar-refractivity contribution in [1.29, 1.82) is 5.41 Å². The molecule has 0 aliphatic heterocycles. The molecule has 1 heterocycles. The van der Waals surface area contributed by atoms with Gasteiger partial charge in [-0.15, -0.1) is 0 Å². The molecule has 4 aromatic rings. The summed E-state index contributed by atoms with van der Waals surface area (Å²) in [5.41, 5.74) is 7.62. The number of ether oxygens (including phenoxy) is 1. The number of nitrogens with zero attached hydrogens (tertiary/aromatic N) is 2. The molecule has 4 rings (SSSR count). The molecule has 0 aliphatic rings. The fraction of sp³-hybridized carbons (Fsp3) is 0.194. The number of phenols is 2. The van der Waals surface area contributed by atoms with Gasteiger partial charge in [-0.2, -0.15) is 0 Å². The third-order valence-corrected chi connectivity index (χ3v) is 6.28. The lowest BCUT2D eigenvalue weighted by Gasteiger charge is -2.16. The summed E-state index contributed by atoms with van der Waals surface area (Å²) in [5, 5.41) is 36.6. The number of aromatic hydroxyl groups is 2. The van der Waals surface area contributed by atoms with E-state index >= 15 is 0 Å². The number of amides is 2. The van der Waals surface area contributed by atoms with Crippen LogP contribution >= 0.6 is 0 Å². The first-order valence-corrected chi connectivity index (χ1v) is 13.6. The first-order valence-electron chi connectivity index (χ1n) is 13.6. The van der Waals surface area contributed by atoms with Crippen LogP contribution in [0.1, 0.15) is 30.5 Å². The van der Waals surface area contributed by atoms with Crippen molar-refractivity contribution in [3.8, 4) is 22.8 Å². The van der Waals surface area contributed by atoms with E-state index in [2.05, 4.69) is 20.9 Å². The number of nitrogens with one attached hydrogen (secondary N) is 4. The van der Waals surface area contributed by atoms with Gasteiger partial charge in [0.1, 0.15) is 30.5 Å². The molecule has 0 bridgehead atoms. The first-order chi connectivity index (χ1) is 21.0. The second-order valence-electron chi connectivity index (χ2n) is 10.2. The van der Waals surface area contributed by atoms with Crippen molar-refractivity contribution in [2.45, 2.75) is 39.6 Å². The zero-order valence-electron chi connectivity index (χ0n) is 24.1. The topological polar surface area (TPSA) is 205 Å². The number of hydrogen-bond donors (Lipinski definition) is 7. The molecule has 8 N–H and O–H groups in total. The Labute approximate surface area is 252 Å². The Kier molecular flexibility index (Phi) is 9.81. The monoisotopic (exact) mass is 599 g/mol. The maximum atomic E-state index is 13.3. The van der Waals surface area contributed by atoms with Crippen molar-refractivity contribution in [3.63, 3.8) is 0 Å². The van der Waals surface area contributed by atoms with E-state index < -0.39 is 17.6 Å². The fourth-order valence-electron chi connectivity index (χ4n) is 4.26. The maximum absolute atomic E-state index is 13.3. The third-order valence-electron chi connectivity index (χ3n) is 6.28. The van der Waals surface area contributed by atoms with Gasteiger partial charge < -0.3 is 31.3 Å². The number of nitrogen functional groups attached to an aromatic ring is 1. The highest BCUT2D eigenvalue weighted by Crippen LogP contribution is 2.26. The zero-order valence-corrected chi connectivity index (χ0v) is 24.1. The molecule has 0 radical (unpaired) electrons. The summed E-state index contributed by atoms with van der Waals surface area (Å²) in [6, 6.07) is 17.6. The van der Waals surface area contributed by atoms with E-state index in [1.54, 1.807) is 24.3 Å². The van der Waals surface area contributed by atoms with Gasteiger partial charge in [0.05, 0.1) is 17.5 Å². The number of carbonyl (C=O) groups excluding carboxylic acids is 2. The standard InChI is InChI=1S/C31H33N7O6/c1-18(2)36-29-30(42)38(25(15-35-29)21-11-22(32)13-23(39)12-21)16-27(41)34-14-20-8-9-24(26(40)10-20)28(33)37-31(43)44-17-19-6-4-3-5-7-19/h3-13,15,18,39-40H,14,16-17,32H2,1-2H3,(H,34,41)(H,35,36)(H2,33,37,43). The molecule has 0 aliphatic carbocycles. The summed E-state index contributed by atoms with van der Waals surface area (Å²) in [6.07, 6.45) is 0.575. The lowest BCUT2D eigenvalue weighted by molar-refractivity contribution is -0.121.